The summed E-state index contributed by atoms with van der Waals surface area (Å²) < 4.78 is 79.6. The van der Waals surface area contributed by atoms with Crippen molar-refractivity contribution in [3.8, 4) is 0 Å². The van der Waals surface area contributed by atoms with Gasteiger partial charge < -0.3 is 0 Å². The summed E-state index contributed by atoms with van der Waals surface area (Å²) in [6, 6.07) is 0. The van der Waals surface area contributed by atoms with E-state index in [9.17, 15) is 30.6 Å². The first-order valence-electron chi connectivity index (χ1n) is 2.04. The third-order valence-electron chi connectivity index (χ3n) is 0.488. The molecule has 1 unspecified atom stereocenters. The van der Waals surface area contributed by atoms with E-state index in [0.717, 1.165) is 0 Å². The highest BCUT2D eigenvalue weighted by Crippen LogP contribution is 2.31. The van der Waals surface area contributed by atoms with Crippen molar-refractivity contribution in [3.05, 3.63) is 0 Å². The van der Waals surface area contributed by atoms with E-state index in [-0.39, 0.29) is 0 Å². The Kier molecular flexibility index (Phi) is 2.97. The van der Waals surface area contributed by atoms with Crippen LogP contribution >= 0.6 is 0 Å². The molecule has 0 aromatic heterocycles. The first-order chi connectivity index (χ1) is 4.96. The van der Waals surface area contributed by atoms with Gasteiger partial charge in [-0.05, 0) is 0 Å². The van der Waals surface area contributed by atoms with Crippen molar-refractivity contribution in [1.82, 2.24) is 0 Å². The third kappa shape index (κ3) is 3.54. The second-order valence-electron chi connectivity index (χ2n) is 1.43. The molecule has 0 saturated carbocycles. The zero-order valence-electron chi connectivity index (χ0n) is 4.90. The van der Waals surface area contributed by atoms with E-state index in [0.29, 0.717) is 0 Å². The molecule has 0 bridgehead atoms. The Balaban J connectivity index is 4.70. The van der Waals surface area contributed by atoms with Crippen LogP contribution in [0.3, 0.4) is 0 Å². The largest absolute Gasteiger partial charge is 0.535 e. The zero-order chi connectivity index (χ0) is 10.2. The van der Waals surface area contributed by atoms with Crippen LogP contribution in [0.25, 0.3) is 0 Å². The highest BCUT2D eigenvalue weighted by atomic mass is 32.8. The average molecular weight is 234 g/mol. The van der Waals surface area contributed by atoms with E-state index in [1.807, 2.05) is 0 Å². The Bertz CT molecular complexity index is 246. The van der Waals surface area contributed by atoms with Crippen molar-refractivity contribution in [2.75, 3.05) is 0 Å². The lowest BCUT2D eigenvalue weighted by molar-refractivity contribution is -0.274. The zero-order valence-corrected chi connectivity index (χ0v) is 6.53. The minimum absolute atomic E-state index is 2.21. The van der Waals surface area contributed by atoms with Crippen molar-refractivity contribution < 1.29 is 34.7 Å². The smallest absolute Gasteiger partial charge is 0.219 e. The SMILES string of the molecule is O=S(=S)(OC(F)(F)F)C(F)(F)F. The molecule has 74 valence electrons. The molecule has 0 spiro atoms. The van der Waals surface area contributed by atoms with Crippen LogP contribution < -0.4 is 0 Å². The Morgan fingerprint density at radius 1 is 1.08 bits per heavy atom. The number of hydrogen-bond acceptors (Lipinski definition) is 3. The van der Waals surface area contributed by atoms with Crippen molar-refractivity contribution >= 4 is 20.0 Å². The highest BCUT2D eigenvalue weighted by molar-refractivity contribution is 8.30. The molecule has 0 aliphatic rings. The van der Waals surface area contributed by atoms with Crippen LogP contribution in [0.5, 0.6) is 0 Å². The van der Waals surface area contributed by atoms with E-state index < -0.39 is 20.6 Å². The van der Waals surface area contributed by atoms with Crippen LogP contribution in [0.15, 0.2) is 0 Å². The number of rotatable bonds is 1. The van der Waals surface area contributed by atoms with Crippen molar-refractivity contribution in [3.63, 3.8) is 0 Å². The van der Waals surface area contributed by atoms with Crippen LogP contribution in [0.2, 0.25) is 0 Å². The van der Waals surface area contributed by atoms with Crippen LogP contribution in [0, 0.1) is 0 Å². The van der Waals surface area contributed by atoms with Gasteiger partial charge in [0.05, 0.1) is 0 Å². The highest BCUT2D eigenvalue weighted by Gasteiger charge is 2.50. The fourth-order valence-electron chi connectivity index (χ4n) is 0.172. The molecule has 0 aromatic rings. The first kappa shape index (κ1) is 11.9. The van der Waals surface area contributed by atoms with Crippen molar-refractivity contribution in [1.29, 1.82) is 0 Å². The third-order valence-corrected chi connectivity index (χ3v) is 2.23. The number of halogens is 6. The number of alkyl halides is 6. The molecule has 0 N–H and O–H groups in total. The van der Waals surface area contributed by atoms with E-state index in [2.05, 4.69) is 15.4 Å². The summed E-state index contributed by atoms with van der Waals surface area (Å²) in [5, 5.41) is 0. The molecular formula is C2F6O2S2. The lowest BCUT2D eigenvalue weighted by Crippen LogP contribution is -2.30. The van der Waals surface area contributed by atoms with Gasteiger partial charge in [-0.15, -0.1) is 13.2 Å². The molecule has 0 aliphatic heterocycles. The Hall–Kier alpha value is -0.0900. The molecular weight excluding hydrogens is 234 g/mol. The summed E-state index contributed by atoms with van der Waals surface area (Å²) >= 11 is 3.09. The molecule has 1 atom stereocenters. The monoisotopic (exact) mass is 234 g/mol. The second-order valence-corrected chi connectivity index (χ2v) is 4.28. The quantitative estimate of drug-likeness (QED) is 0.646. The summed E-state index contributed by atoms with van der Waals surface area (Å²) in [6.07, 6.45) is -5.66. The molecule has 0 rings (SSSR count). The first-order valence-corrected chi connectivity index (χ1v) is 4.45. The maximum atomic E-state index is 11.4. The molecule has 0 radical (unpaired) electrons. The van der Waals surface area contributed by atoms with Gasteiger partial charge in [0.25, 0.3) is 8.77 Å². The van der Waals surface area contributed by atoms with Crippen molar-refractivity contribution in [2.45, 2.75) is 11.9 Å². The van der Waals surface area contributed by atoms with Gasteiger partial charge in [-0.3, -0.25) is 0 Å². The predicted octanol–water partition coefficient (Wildman–Crippen LogP) is 1.70. The van der Waals surface area contributed by atoms with Crippen LogP contribution in [0.1, 0.15) is 0 Å². The molecule has 10 heteroatoms. The summed E-state index contributed by atoms with van der Waals surface area (Å²) in [6.45, 7) is 0. The minimum atomic E-state index is -5.75. The standard InChI is InChI=1S/C2F6O2S2/c3-1(4,5)10-12(9,11)2(6,7)8. The normalized spacial score (nSPS) is 18.8. The van der Waals surface area contributed by atoms with Gasteiger partial charge in [-0.1, -0.05) is 0 Å². The topological polar surface area (TPSA) is 26.3 Å². The fraction of sp³-hybridized carbons (Fsp3) is 1.00. The predicted molar refractivity (Wildman–Crippen MR) is 28.7 cm³/mol. The van der Waals surface area contributed by atoms with Gasteiger partial charge in [-0.25, -0.2) is 4.21 Å². The summed E-state index contributed by atoms with van der Waals surface area (Å²) in [7, 11) is -5.75. The van der Waals surface area contributed by atoms with Crippen LogP contribution in [-0.4, -0.2) is 16.1 Å². The Morgan fingerprint density at radius 2 is 1.42 bits per heavy atom. The van der Waals surface area contributed by atoms with Gasteiger partial charge in [-0.2, -0.15) is 17.4 Å². The summed E-state index contributed by atoms with van der Waals surface area (Å²) in [4.78, 5) is 0. The fourth-order valence-corrected chi connectivity index (χ4v) is 0.746. The van der Waals surface area contributed by atoms with Gasteiger partial charge >= 0.3 is 11.9 Å². The van der Waals surface area contributed by atoms with E-state index in [1.54, 1.807) is 0 Å². The lowest BCUT2D eigenvalue weighted by Gasteiger charge is -2.12. The molecule has 0 aliphatic carbocycles. The molecule has 0 aromatic carbocycles. The Morgan fingerprint density at radius 3 is 1.50 bits per heavy atom. The Labute approximate surface area is 67.4 Å². The van der Waals surface area contributed by atoms with Crippen LogP contribution in [0.4, 0.5) is 26.3 Å². The van der Waals surface area contributed by atoms with E-state index in [4.69, 9.17) is 0 Å². The molecule has 0 fully saturated rings. The van der Waals surface area contributed by atoms with Crippen LogP contribution in [-0.2, 0) is 24.1 Å². The average Bonchev–Trinajstić information content (AvgIpc) is 1.52. The molecule has 2 nitrogen and oxygen atoms in total. The maximum Gasteiger partial charge on any atom is 0.535 e. The van der Waals surface area contributed by atoms with Gasteiger partial charge in [0.1, 0.15) is 0 Å². The summed E-state index contributed by atoms with van der Waals surface area (Å²) in [5.41, 5.74) is -5.70. The second kappa shape index (κ2) is 3.00. The molecule has 12 heavy (non-hydrogen) atoms. The molecule has 0 heterocycles. The molecule has 0 amide bonds. The summed E-state index contributed by atoms with van der Waals surface area (Å²) in [5.74, 6) is 0. The maximum absolute atomic E-state index is 11.4. The minimum Gasteiger partial charge on any atom is -0.219 e. The lowest BCUT2D eigenvalue weighted by atomic mass is 11.4. The van der Waals surface area contributed by atoms with E-state index in [1.165, 1.54) is 0 Å². The van der Waals surface area contributed by atoms with E-state index >= 15 is 0 Å². The number of hydrogen-bond donors (Lipinski definition) is 0. The van der Waals surface area contributed by atoms with Gasteiger partial charge in [0, 0.05) is 11.2 Å². The molecule has 0 saturated heterocycles. The van der Waals surface area contributed by atoms with Crippen molar-refractivity contribution in [2.24, 2.45) is 0 Å². The van der Waals surface area contributed by atoms with Gasteiger partial charge in [0.15, 0.2) is 0 Å². The van der Waals surface area contributed by atoms with Gasteiger partial charge in [0.2, 0.25) is 0 Å².